The van der Waals surface area contributed by atoms with Gasteiger partial charge in [-0.3, -0.25) is 9.36 Å². The summed E-state index contributed by atoms with van der Waals surface area (Å²) in [6.45, 7) is 3.95. The van der Waals surface area contributed by atoms with Crippen LogP contribution in [0.5, 0.6) is 0 Å². The van der Waals surface area contributed by atoms with E-state index in [2.05, 4.69) is 15.3 Å². The summed E-state index contributed by atoms with van der Waals surface area (Å²) in [6, 6.07) is 10.4. The van der Waals surface area contributed by atoms with E-state index in [4.69, 9.17) is 0 Å². The summed E-state index contributed by atoms with van der Waals surface area (Å²) in [5.74, 6) is 0.0200. The van der Waals surface area contributed by atoms with E-state index in [0.29, 0.717) is 17.2 Å². The summed E-state index contributed by atoms with van der Waals surface area (Å²) in [6.07, 6.45) is 3.08. The summed E-state index contributed by atoms with van der Waals surface area (Å²) in [5.41, 5.74) is 2.00. The van der Waals surface area contributed by atoms with Gasteiger partial charge in [-0.2, -0.15) is 4.31 Å². The first kappa shape index (κ1) is 18.3. The number of sulfonamides is 1. The Kier molecular flexibility index (Phi) is 4.48. The minimum absolute atomic E-state index is 0.0530. The highest BCUT2D eigenvalue weighted by Gasteiger charge is 2.34. The van der Waals surface area contributed by atoms with Crippen LogP contribution in [-0.4, -0.2) is 39.7 Å². The van der Waals surface area contributed by atoms with Gasteiger partial charge in [-0.15, -0.1) is 0 Å². The molecule has 0 unspecified atom stereocenters. The zero-order valence-electron chi connectivity index (χ0n) is 15.5. The van der Waals surface area contributed by atoms with Crippen LogP contribution in [0.1, 0.15) is 28.7 Å². The molecule has 3 heterocycles. The highest BCUT2D eigenvalue weighted by molar-refractivity contribution is 7.89. The molecule has 0 bridgehead atoms. The number of fused-ring (bicyclic) bond motifs is 3. The third-order valence-electron chi connectivity index (χ3n) is 4.74. The predicted molar refractivity (Wildman–Crippen MR) is 104 cm³/mol. The van der Waals surface area contributed by atoms with Crippen molar-refractivity contribution < 1.29 is 13.2 Å². The van der Waals surface area contributed by atoms with Crippen molar-refractivity contribution in [3.63, 3.8) is 0 Å². The van der Waals surface area contributed by atoms with Gasteiger partial charge in [0.1, 0.15) is 17.0 Å². The maximum atomic E-state index is 13.0. The highest BCUT2D eigenvalue weighted by Crippen LogP contribution is 2.31. The van der Waals surface area contributed by atoms with E-state index in [1.165, 1.54) is 10.6 Å². The maximum absolute atomic E-state index is 13.0. The van der Waals surface area contributed by atoms with Gasteiger partial charge < -0.3 is 5.32 Å². The largest absolute Gasteiger partial charge is 0.305 e. The Morgan fingerprint density at radius 3 is 2.71 bits per heavy atom. The van der Waals surface area contributed by atoms with Crippen molar-refractivity contribution in [1.82, 2.24) is 18.8 Å². The second kappa shape index (κ2) is 6.84. The van der Waals surface area contributed by atoms with Gasteiger partial charge in [0, 0.05) is 12.7 Å². The minimum atomic E-state index is -3.67. The van der Waals surface area contributed by atoms with Gasteiger partial charge in [0.25, 0.3) is 5.91 Å². The molecule has 3 aromatic rings. The number of rotatable bonds is 3. The first-order chi connectivity index (χ1) is 13.4. The van der Waals surface area contributed by atoms with Crippen LogP contribution >= 0.6 is 0 Å². The molecule has 9 heteroatoms. The van der Waals surface area contributed by atoms with Crippen LogP contribution in [0.25, 0.3) is 5.69 Å². The number of hydrogen-bond acceptors (Lipinski definition) is 5. The number of hydrogen-bond donors (Lipinski definition) is 1. The average molecular weight is 397 g/mol. The van der Waals surface area contributed by atoms with Gasteiger partial charge >= 0.3 is 0 Å². The molecule has 1 N–H and O–H groups in total. The lowest BCUT2D eigenvalue weighted by Gasteiger charge is -2.18. The van der Waals surface area contributed by atoms with E-state index in [-0.39, 0.29) is 23.7 Å². The van der Waals surface area contributed by atoms with E-state index < -0.39 is 15.9 Å². The van der Waals surface area contributed by atoms with Crippen molar-refractivity contribution in [2.45, 2.75) is 25.3 Å². The van der Waals surface area contributed by atoms with E-state index in [9.17, 15) is 13.2 Å². The van der Waals surface area contributed by atoms with Crippen LogP contribution in [-0.2, 0) is 16.6 Å². The van der Waals surface area contributed by atoms with Crippen LogP contribution in [0.15, 0.2) is 53.8 Å². The Morgan fingerprint density at radius 1 is 1.18 bits per heavy atom. The molecule has 8 nitrogen and oxygen atoms in total. The van der Waals surface area contributed by atoms with E-state index in [0.717, 1.165) is 5.56 Å². The van der Waals surface area contributed by atoms with Gasteiger partial charge in [0.15, 0.2) is 5.69 Å². The number of pyridine rings is 1. The fraction of sp³-hybridized carbons (Fsp3) is 0.211. The zero-order chi connectivity index (χ0) is 19.9. The van der Waals surface area contributed by atoms with Gasteiger partial charge in [0.05, 0.1) is 17.9 Å². The Labute approximate surface area is 162 Å². The molecule has 0 atom stereocenters. The van der Waals surface area contributed by atoms with Crippen LogP contribution in [0.4, 0.5) is 5.82 Å². The number of amides is 1. The molecule has 28 heavy (non-hydrogen) atoms. The molecule has 2 aromatic heterocycles. The molecule has 0 spiro atoms. The lowest BCUT2D eigenvalue weighted by atomic mass is 10.2. The number of carbonyl (C=O) groups is 1. The number of anilines is 1. The molecule has 144 valence electrons. The Balaban J connectivity index is 1.82. The molecule has 1 aromatic carbocycles. The molecule has 0 saturated heterocycles. The van der Waals surface area contributed by atoms with Gasteiger partial charge in [0.2, 0.25) is 10.0 Å². The molecule has 0 fully saturated rings. The number of carbonyl (C=O) groups excluding carboxylic acids is 1. The van der Waals surface area contributed by atoms with E-state index >= 15 is 0 Å². The first-order valence-corrected chi connectivity index (χ1v) is 10.3. The van der Waals surface area contributed by atoms with Gasteiger partial charge in [-0.25, -0.2) is 18.4 Å². The number of para-hydroxylation sites is 1. The number of aromatic nitrogens is 3. The smallest absolute Gasteiger partial charge is 0.277 e. The normalized spacial score (nSPS) is 15.4. The summed E-state index contributed by atoms with van der Waals surface area (Å²) in [4.78, 5) is 21.5. The molecular weight excluding hydrogens is 378 g/mol. The fourth-order valence-corrected chi connectivity index (χ4v) is 4.84. The second-order valence-corrected chi connectivity index (χ2v) is 8.34. The number of nitrogens with zero attached hydrogens (tertiary/aromatic N) is 4. The Bertz CT molecular complexity index is 1170. The van der Waals surface area contributed by atoms with Gasteiger partial charge in [-0.1, -0.05) is 25.1 Å². The van der Waals surface area contributed by atoms with E-state index in [1.807, 2.05) is 13.0 Å². The van der Waals surface area contributed by atoms with Crippen molar-refractivity contribution in [2.75, 3.05) is 11.9 Å². The summed E-state index contributed by atoms with van der Waals surface area (Å²) in [5, 5.41) is 2.77. The summed E-state index contributed by atoms with van der Waals surface area (Å²) in [7, 11) is -3.67. The van der Waals surface area contributed by atoms with Crippen LogP contribution in [0.2, 0.25) is 0 Å². The van der Waals surface area contributed by atoms with Crippen molar-refractivity contribution in [3.05, 3.63) is 65.9 Å². The lowest BCUT2D eigenvalue weighted by Crippen LogP contribution is -2.30. The first-order valence-electron chi connectivity index (χ1n) is 8.82. The molecule has 1 amide bonds. The third kappa shape index (κ3) is 2.88. The van der Waals surface area contributed by atoms with Crippen molar-refractivity contribution in [2.24, 2.45) is 0 Å². The van der Waals surface area contributed by atoms with Crippen LogP contribution in [0.3, 0.4) is 0 Å². The molecule has 0 saturated carbocycles. The van der Waals surface area contributed by atoms with Crippen LogP contribution in [0, 0.1) is 6.92 Å². The third-order valence-corrected chi connectivity index (χ3v) is 6.71. The maximum Gasteiger partial charge on any atom is 0.277 e. The zero-order valence-corrected chi connectivity index (χ0v) is 16.3. The number of imidazole rings is 1. The van der Waals surface area contributed by atoms with Crippen molar-refractivity contribution in [1.29, 1.82) is 0 Å². The average Bonchev–Trinajstić information content (AvgIpc) is 3.07. The summed E-state index contributed by atoms with van der Waals surface area (Å²) >= 11 is 0. The monoisotopic (exact) mass is 397 g/mol. The van der Waals surface area contributed by atoms with Gasteiger partial charge in [-0.05, 0) is 30.7 Å². The second-order valence-electron chi connectivity index (χ2n) is 6.43. The van der Waals surface area contributed by atoms with E-state index in [1.54, 1.807) is 48.0 Å². The SMILES string of the molecule is CCN1Cc2c(C(=O)Nc3ncccc3C)ncn2-c2ccccc2S1(=O)=O. The molecular formula is C19H19N5O3S. The Hall–Kier alpha value is -3.04. The molecule has 1 aliphatic rings. The highest BCUT2D eigenvalue weighted by atomic mass is 32.2. The number of benzene rings is 1. The summed E-state index contributed by atoms with van der Waals surface area (Å²) < 4.78 is 29.1. The fourth-order valence-electron chi connectivity index (χ4n) is 3.25. The Morgan fingerprint density at radius 2 is 1.96 bits per heavy atom. The molecule has 1 aliphatic heterocycles. The lowest BCUT2D eigenvalue weighted by molar-refractivity contribution is 0.102. The van der Waals surface area contributed by atoms with Crippen LogP contribution < -0.4 is 5.32 Å². The standard InChI is InChI=1S/C19H19N5O3S/c1-3-23-11-15-17(19(25)22-18-13(2)7-6-10-20-18)21-12-24(15)14-8-4-5-9-16(14)28(23,26)27/h4-10,12H,3,11H2,1-2H3,(H,20,22,25). The quantitative estimate of drug-likeness (QED) is 0.732. The van der Waals surface area contributed by atoms with Crippen molar-refractivity contribution >= 4 is 21.7 Å². The molecule has 4 rings (SSSR count). The van der Waals surface area contributed by atoms with Crippen molar-refractivity contribution in [3.8, 4) is 5.69 Å². The number of nitrogens with one attached hydrogen (secondary N) is 1. The predicted octanol–water partition coefficient (Wildman–Crippen LogP) is 2.35. The number of aryl methyl sites for hydroxylation is 1. The molecule has 0 radical (unpaired) electrons. The minimum Gasteiger partial charge on any atom is -0.305 e. The topological polar surface area (TPSA) is 97.2 Å². The molecule has 0 aliphatic carbocycles.